The maximum Gasteiger partial charge on any atom is 0.391 e. The van der Waals surface area contributed by atoms with Crippen molar-refractivity contribution in [1.82, 2.24) is 14.8 Å². The van der Waals surface area contributed by atoms with Gasteiger partial charge in [-0.1, -0.05) is 20.8 Å². The van der Waals surface area contributed by atoms with E-state index in [9.17, 15) is 13.2 Å². The first-order chi connectivity index (χ1) is 7.54. The zero-order chi connectivity index (χ0) is 12.6. The molecule has 94 valence electrons. The van der Waals surface area contributed by atoms with Crippen LogP contribution in [-0.4, -0.2) is 20.9 Å². The number of hydrogen-bond acceptors (Lipinski definition) is 2. The lowest BCUT2D eigenvalue weighted by Gasteiger charge is -2.17. The predicted octanol–water partition coefficient (Wildman–Crippen LogP) is 3.28. The number of nitrogens with zero attached hydrogens (tertiary/aromatic N) is 3. The molecule has 0 aliphatic heterocycles. The van der Waals surface area contributed by atoms with Gasteiger partial charge in [-0.05, 0) is 12.8 Å². The third-order valence-electron chi connectivity index (χ3n) is 2.13. The molecule has 0 amide bonds. The fraction of sp³-hybridized carbons (Fsp3) is 0.800. The van der Waals surface area contributed by atoms with Crippen molar-refractivity contribution in [2.45, 2.75) is 46.3 Å². The van der Waals surface area contributed by atoms with E-state index >= 15 is 0 Å². The van der Waals surface area contributed by atoms with Crippen LogP contribution in [0, 0.1) is 5.92 Å². The van der Waals surface area contributed by atoms with Gasteiger partial charge in [0.05, 0.1) is 5.92 Å². The molecule has 0 bridgehead atoms. The van der Waals surface area contributed by atoms with Crippen LogP contribution in [0.2, 0.25) is 0 Å². The van der Waals surface area contributed by atoms with Gasteiger partial charge in [0.2, 0.25) is 0 Å². The van der Waals surface area contributed by atoms with Crippen LogP contribution in [0.5, 0.6) is 0 Å². The smallest absolute Gasteiger partial charge is 0.253 e. The number of aromatic nitrogens is 3. The topological polar surface area (TPSA) is 30.7 Å². The Balaban J connectivity index is 0.00000106. The van der Waals surface area contributed by atoms with Crippen LogP contribution in [0.1, 0.15) is 33.6 Å². The number of rotatable bonds is 4. The number of aryl methyl sites for hydroxylation is 1. The molecule has 0 spiro atoms. The second kappa shape index (κ2) is 7.24. The minimum absolute atomic E-state index is 0.0589. The Morgan fingerprint density at radius 3 is 2.31 bits per heavy atom. The van der Waals surface area contributed by atoms with Crippen molar-refractivity contribution >= 4 is 0 Å². The van der Waals surface area contributed by atoms with Crippen molar-refractivity contribution < 1.29 is 13.2 Å². The fourth-order valence-electron chi connectivity index (χ4n) is 1.24. The highest BCUT2D eigenvalue weighted by Crippen LogP contribution is 2.31. The van der Waals surface area contributed by atoms with Gasteiger partial charge in [-0.25, -0.2) is 4.98 Å². The predicted molar refractivity (Wildman–Crippen MR) is 55.8 cm³/mol. The SMILES string of the molecule is CC.CCC(CCn1cncn1)C(F)(F)F. The van der Waals surface area contributed by atoms with Gasteiger partial charge in [-0.15, -0.1) is 0 Å². The van der Waals surface area contributed by atoms with E-state index in [1.54, 1.807) is 6.92 Å². The second-order valence-corrected chi connectivity index (χ2v) is 3.09. The van der Waals surface area contributed by atoms with Gasteiger partial charge in [0, 0.05) is 6.54 Å². The molecular weight excluding hydrogens is 219 g/mol. The zero-order valence-electron chi connectivity index (χ0n) is 9.83. The monoisotopic (exact) mass is 237 g/mol. The van der Waals surface area contributed by atoms with Gasteiger partial charge in [-0.2, -0.15) is 18.3 Å². The Morgan fingerprint density at radius 1 is 1.31 bits per heavy atom. The molecule has 0 saturated heterocycles. The average Bonchev–Trinajstić information content (AvgIpc) is 2.72. The van der Waals surface area contributed by atoms with Crippen molar-refractivity contribution in [3.8, 4) is 0 Å². The molecule has 1 atom stereocenters. The molecule has 0 aromatic carbocycles. The van der Waals surface area contributed by atoms with Gasteiger partial charge in [0.25, 0.3) is 0 Å². The standard InChI is InChI=1S/C8H12F3N3.C2H6/c1-2-7(8(9,10)11)3-4-14-6-12-5-13-14;1-2/h5-7H,2-4H2,1H3;1-2H3. The summed E-state index contributed by atoms with van der Waals surface area (Å²) in [5, 5.41) is 3.74. The van der Waals surface area contributed by atoms with E-state index in [4.69, 9.17) is 0 Å². The highest BCUT2D eigenvalue weighted by Gasteiger charge is 2.37. The van der Waals surface area contributed by atoms with Crippen molar-refractivity contribution in [1.29, 1.82) is 0 Å². The first kappa shape index (κ1) is 14.9. The summed E-state index contributed by atoms with van der Waals surface area (Å²) in [6, 6.07) is 0. The van der Waals surface area contributed by atoms with E-state index in [1.165, 1.54) is 17.3 Å². The fourth-order valence-corrected chi connectivity index (χ4v) is 1.24. The van der Waals surface area contributed by atoms with Crippen LogP contribution in [0.4, 0.5) is 13.2 Å². The third-order valence-corrected chi connectivity index (χ3v) is 2.13. The summed E-state index contributed by atoms with van der Waals surface area (Å²) >= 11 is 0. The normalized spacial score (nSPS) is 12.9. The minimum Gasteiger partial charge on any atom is -0.253 e. The summed E-state index contributed by atoms with van der Waals surface area (Å²) in [6.45, 7) is 5.80. The molecule has 0 radical (unpaired) electrons. The highest BCUT2D eigenvalue weighted by molar-refractivity contribution is 4.67. The van der Waals surface area contributed by atoms with Crippen LogP contribution in [0.25, 0.3) is 0 Å². The van der Waals surface area contributed by atoms with E-state index in [0.717, 1.165) is 0 Å². The Kier molecular flexibility index (Phi) is 6.76. The number of alkyl halides is 3. The Labute approximate surface area is 93.7 Å². The summed E-state index contributed by atoms with van der Waals surface area (Å²) in [4.78, 5) is 3.66. The van der Waals surface area contributed by atoms with Gasteiger partial charge in [0.1, 0.15) is 12.7 Å². The van der Waals surface area contributed by atoms with E-state index in [2.05, 4.69) is 10.1 Å². The first-order valence-electron chi connectivity index (χ1n) is 5.43. The zero-order valence-corrected chi connectivity index (χ0v) is 9.83. The van der Waals surface area contributed by atoms with Crippen LogP contribution >= 0.6 is 0 Å². The Bertz CT molecular complexity index is 257. The van der Waals surface area contributed by atoms with Crippen molar-refractivity contribution in [3.05, 3.63) is 12.7 Å². The lowest BCUT2D eigenvalue weighted by Crippen LogP contribution is -2.23. The van der Waals surface area contributed by atoms with Crippen LogP contribution in [0.15, 0.2) is 12.7 Å². The van der Waals surface area contributed by atoms with Crippen LogP contribution in [-0.2, 0) is 6.54 Å². The van der Waals surface area contributed by atoms with E-state index < -0.39 is 12.1 Å². The molecule has 1 unspecified atom stereocenters. The maximum atomic E-state index is 12.3. The number of halogens is 3. The maximum absolute atomic E-state index is 12.3. The van der Waals surface area contributed by atoms with Crippen LogP contribution in [0.3, 0.4) is 0 Å². The summed E-state index contributed by atoms with van der Waals surface area (Å²) < 4.78 is 38.3. The first-order valence-corrected chi connectivity index (χ1v) is 5.43. The molecule has 6 heteroatoms. The molecule has 0 aliphatic carbocycles. The number of hydrogen-bond donors (Lipinski definition) is 0. The van der Waals surface area contributed by atoms with Gasteiger partial charge >= 0.3 is 6.18 Å². The van der Waals surface area contributed by atoms with Gasteiger partial charge in [-0.3, -0.25) is 4.68 Å². The van der Waals surface area contributed by atoms with E-state index in [1.807, 2.05) is 13.8 Å². The summed E-state index contributed by atoms with van der Waals surface area (Å²) in [5.74, 6) is -1.24. The van der Waals surface area contributed by atoms with Gasteiger partial charge in [0.15, 0.2) is 0 Å². The summed E-state index contributed by atoms with van der Waals surface area (Å²) in [7, 11) is 0. The summed E-state index contributed by atoms with van der Waals surface area (Å²) in [6.07, 6.45) is -1.20. The van der Waals surface area contributed by atoms with Crippen LogP contribution < -0.4 is 0 Å². The van der Waals surface area contributed by atoms with E-state index in [0.29, 0.717) is 0 Å². The molecule has 1 heterocycles. The molecule has 1 rings (SSSR count). The van der Waals surface area contributed by atoms with E-state index in [-0.39, 0.29) is 19.4 Å². The lowest BCUT2D eigenvalue weighted by atomic mass is 10.0. The second-order valence-electron chi connectivity index (χ2n) is 3.09. The Morgan fingerprint density at radius 2 is 1.94 bits per heavy atom. The molecular formula is C10H18F3N3. The largest absolute Gasteiger partial charge is 0.391 e. The molecule has 0 fully saturated rings. The molecule has 1 aromatic rings. The molecule has 3 nitrogen and oxygen atoms in total. The van der Waals surface area contributed by atoms with Crippen molar-refractivity contribution in [2.24, 2.45) is 5.92 Å². The third kappa shape index (κ3) is 5.14. The molecule has 1 aromatic heterocycles. The van der Waals surface area contributed by atoms with Crippen molar-refractivity contribution in [2.75, 3.05) is 0 Å². The minimum atomic E-state index is -4.10. The highest BCUT2D eigenvalue weighted by atomic mass is 19.4. The van der Waals surface area contributed by atoms with Gasteiger partial charge < -0.3 is 0 Å². The lowest BCUT2D eigenvalue weighted by molar-refractivity contribution is -0.177. The summed E-state index contributed by atoms with van der Waals surface area (Å²) in [5.41, 5.74) is 0. The Hall–Kier alpha value is -1.07. The molecule has 16 heavy (non-hydrogen) atoms. The average molecular weight is 237 g/mol. The quantitative estimate of drug-likeness (QED) is 0.804. The molecule has 0 N–H and O–H groups in total. The van der Waals surface area contributed by atoms with Crippen molar-refractivity contribution in [3.63, 3.8) is 0 Å². The molecule has 0 aliphatic rings. The molecule has 0 saturated carbocycles.